The van der Waals surface area contributed by atoms with Gasteiger partial charge in [0.1, 0.15) is 11.6 Å². The fourth-order valence-electron chi connectivity index (χ4n) is 2.19. The Kier molecular flexibility index (Phi) is 3.74. The van der Waals surface area contributed by atoms with E-state index in [9.17, 15) is 9.18 Å². The monoisotopic (exact) mass is 273 g/mol. The van der Waals surface area contributed by atoms with E-state index in [1.54, 1.807) is 6.07 Å². The van der Waals surface area contributed by atoms with E-state index >= 15 is 0 Å². The number of aryl methyl sites for hydroxylation is 2. The minimum Gasteiger partial charge on any atom is -0.496 e. The van der Waals surface area contributed by atoms with E-state index in [2.05, 4.69) is 0 Å². The highest BCUT2D eigenvalue weighted by atomic mass is 19.1. The third kappa shape index (κ3) is 2.50. The van der Waals surface area contributed by atoms with Crippen LogP contribution in [0.15, 0.2) is 30.3 Å². The second-order valence-electron chi connectivity index (χ2n) is 4.72. The molecule has 0 saturated carbocycles. The molecule has 20 heavy (non-hydrogen) atoms. The Labute approximate surface area is 117 Å². The summed E-state index contributed by atoms with van der Waals surface area (Å²) >= 11 is 0. The number of nitrogens with two attached hydrogens (primary N) is 1. The van der Waals surface area contributed by atoms with Crippen molar-refractivity contribution in [3.8, 4) is 5.75 Å². The molecule has 2 aromatic rings. The Morgan fingerprint density at radius 1 is 1.20 bits per heavy atom. The van der Waals surface area contributed by atoms with Crippen molar-refractivity contribution in [3.05, 3.63) is 58.4 Å². The molecular weight excluding hydrogens is 257 g/mol. The molecule has 4 heteroatoms. The second-order valence-corrected chi connectivity index (χ2v) is 4.72. The number of rotatable bonds is 3. The zero-order valence-corrected chi connectivity index (χ0v) is 11.7. The van der Waals surface area contributed by atoms with Crippen LogP contribution in [-0.2, 0) is 0 Å². The fourth-order valence-corrected chi connectivity index (χ4v) is 2.19. The lowest BCUT2D eigenvalue weighted by Crippen LogP contribution is -2.08. The summed E-state index contributed by atoms with van der Waals surface area (Å²) in [5.41, 5.74) is 7.94. The lowest BCUT2D eigenvalue weighted by molar-refractivity contribution is 0.103. The van der Waals surface area contributed by atoms with Crippen LogP contribution < -0.4 is 10.5 Å². The van der Waals surface area contributed by atoms with E-state index < -0.39 is 5.82 Å². The highest BCUT2D eigenvalue weighted by Crippen LogP contribution is 2.27. The molecule has 0 unspecified atom stereocenters. The number of carbonyl (C=O) groups excluding carboxylic acids is 1. The lowest BCUT2D eigenvalue weighted by atomic mass is 9.96. The number of anilines is 1. The first-order chi connectivity index (χ1) is 9.43. The van der Waals surface area contributed by atoms with Crippen LogP contribution in [-0.4, -0.2) is 12.9 Å². The molecule has 0 saturated heterocycles. The molecule has 2 rings (SSSR count). The van der Waals surface area contributed by atoms with Crippen molar-refractivity contribution in [3.63, 3.8) is 0 Å². The molecule has 2 N–H and O–H groups in total. The van der Waals surface area contributed by atoms with E-state index in [-0.39, 0.29) is 17.0 Å². The average molecular weight is 273 g/mol. The molecule has 0 aliphatic carbocycles. The van der Waals surface area contributed by atoms with Crippen molar-refractivity contribution < 1.29 is 13.9 Å². The highest BCUT2D eigenvalue weighted by Gasteiger charge is 2.18. The number of nitrogen functional groups attached to an aromatic ring is 1. The molecule has 0 amide bonds. The van der Waals surface area contributed by atoms with Gasteiger partial charge >= 0.3 is 0 Å². The van der Waals surface area contributed by atoms with Crippen molar-refractivity contribution in [2.24, 2.45) is 0 Å². The molecule has 2 aromatic carbocycles. The molecule has 0 aliphatic heterocycles. The average Bonchev–Trinajstić information content (AvgIpc) is 2.40. The third-order valence-corrected chi connectivity index (χ3v) is 3.15. The number of ketones is 1. The summed E-state index contributed by atoms with van der Waals surface area (Å²) in [7, 11) is 1.51. The predicted molar refractivity (Wildman–Crippen MR) is 76.7 cm³/mol. The first-order valence-electron chi connectivity index (χ1n) is 6.19. The van der Waals surface area contributed by atoms with Crippen molar-refractivity contribution >= 4 is 11.5 Å². The summed E-state index contributed by atoms with van der Waals surface area (Å²) in [6, 6.07) is 7.73. The largest absolute Gasteiger partial charge is 0.496 e. The van der Waals surface area contributed by atoms with E-state index in [1.165, 1.54) is 19.2 Å². The summed E-state index contributed by atoms with van der Waals surface area (Å²) in [5.74, 6) is -0.387. The summed E-state index contributed by atoms with van der Waals surface area (Å²) in [6.45, 7) is 3.75. The van der Waals surface area contributed by atoms with E-state index in [0.717, 1.165) is 17.2 Å². The van der Waals surface area contributed by atoms with Crippen LogP contribution in [0.2, 0.25) is 0 Å². The Balaban J connectivity index is 2.55. The number of carbonyl (C=O) groups is 1. The number of halogens is 1. The minimum atomic E-state index is -0.598. The maximum absolute atomic E-state index is 13.5. The smallest absolute Gasteiger partial charge is 0.197 e. The second kappa shape index (κ2) is 5.33. The molecule has 0 atom stereocenters. The molecule has 0 spiro atoms. The van der Waals surface area contributed by atoms with Crippen LogP contribution in [0.4, 0.5) is 10.1 Å². The third-order valence-electron chi connectivity index (χ3n) is 3.15. The molecular formula is C16H16FNO2. The van der Waals surface area contributed by atoms with E-state index in [0.29, 0.717) is 11.3 Å². The van der Waals surface area contributed by atoms with Gasteiger partial charge in [0.2, 0.25) is 0 Å². The van der Waals surface area contributed by atoms with Crippen molar-refractivity contribution in [1.29, 1.82) is 0 Å². The number of benzene rings is 2. The first kappa shape index (κ1) is 14.1. The van der Waals surface area contributed by atoms with Gasteiger partial charge in [0.25, 0.3) is 0 Å². The Bertz CT molecular complexity index is 680. The Morgan fingerprint density at radius 2 is 1.90 bits per heavy atom. The van der Waals surface area contributed by atoms with Gasteiger partial charge in [-0.1, -0.05) is 6.07 Å². The zero-order valence-electron chi connectivity index (χ0n) is 11.7. The predicted octanol–water partition coefficient (Wildman–Crippen LogP) is 3.26. The molecule has 0 aromatic heterocycles. The van der Waals surface area contributed by atoms with Gasteiger partial charge in [-0.25, -0.2) is 4.39 Å². The van der Waals surface area contributed by atoms with Crippen molar-refractivity contribution in [1.82, 2.24) is 0 Å². The van der Waals surface area contributed by atoms with Crippen LogP contribution in [0, 0.1) is 19.7 Å². The summed E-state index contributed by atoms with van der Waals surface area (Å²) in [5, 5.41) is 0. The fraction of sp³-hybridized carbons (Fsp3) is 0.188. The van der Waals surface area contributed by atoms with Crippen LogP contribution in [0.5, 0.6) is 5.75 Å². The minimum absolute atomic E-state index is 0.0224. The van der Waals surface area contributed by atoms with Gasteiger partial charge < -0.3 is 10.5 Å². The van der Waals surface area contributed by atoms with E-state index in [4.69, 9.17) is 10.5 Å². The maximum atomic E-state index is 13.5. The van der Waals surface area contributed by atoms with Gasteiger partial charge in [-0.05, 0) is 49.2 Å². The molecule has 3 nitrogen and oxygen atoms in total. The number of hydrogen-bond donors (Lipinski definition) is 1. The van der Waals surface area contributed by atoms with Crippen LogP contribution in [0.25, 0.3) is 0 Å². The maximum Gasteiger partial charge on any atom is 0.197 e. The van der Waals surface area contributed by atoms with Gasteiger partial charge in [0.05, 0.1) is 18.4 Å². The van der Waals surface area contributed by atoms with Gasteiger partial charge in [-0.3, -0.25) is 4.79 Å². The van der Waals surface area contributed by atoms with E-state index in [1.807, 2.05) is 19.9 Å². The topological polar surface area (TPSA) is 52.3 Å². The number of hydrogen-bond acceptors (Lipinski definition) is 3. The molecule has 0 fully saturated rings. The lowest BCUT2D eigenvalue weighted by Gasteiger charge is -2.12. The quantitative estimate of drug-likeness (QED) is 0.689. The molecule has 0 radical (unpaired) electrons. The molecule has 104 valence electrons. The number of methoxy groups -OCH3 is 1. The normalized spacial score (nSPS) is 10.4. The van der Waals surface area contributed by atoms with Gasteiger partial charge in [0.15, 0.2) is 5.78 Å². The van der Waals surface area contributed by atoms with Gasteiger partial charge in [0, 0.05) is 5.56 Å². The molecule has 0 heterocycles. The van der Waals surface area contributed by atoms with Crippen molar-refractivity contribution in [2.75, 3.05) is 12.8 Å². The van der Waals surface area contributed by atoms with Crippen LogP contribution in [0.3, 0.4) is 0 Å². The van der Waals surface area contributed by atoms with Crippen LogP contribution >= 0.6 is 0 Å². The van der Waals surface area contributed by atoms with Crippen molar-refractivity contribution in [2.45, 2.75) is 13.8 Å². The highest BCUT2D eigenvalue weighted by molar-refractivity contribution is 6.11. The first-order valence-corrected chi connectivity index (χ1v) is 6.19. The van der Waals surface area contributed by atoms with Gasteiger partial charge in [-0.15, -0.1) is 0 Å². The molecule has 0 bridgehead atoms. The summed E-state index contributed by atoms with van der Waals surface area (Å²) < 4.78 is 18.8. The SMILES string of the molecule is COc1cc(C)cc(C)c1C(=O)c1ccc(N)c(F)c1. The summed E-state index contributed by atoms with van der Waals surface area (Å²) in [6.07, 6.45) is 0. The Hall–Kier alpha value is -2.36. The standard InChI is InChI=1S/C16H16FNO2/c1-9-6-10(2)15(14(7-9)20-3)16(19)11-4-5-13(18)12(17)8-11/h4-8H,18H2,1-3H3. The number of ether oxygens (including phenoxy) is 1. The zero-order chi connectivity index (χ0) is 14.9. The van der Waals surface area contributed by atoms with Gasteiger partial charge in [-0.2, -0.15) is 0 Å². The molecule has 0 aliphatic rings. The summed E-state index contributed by atoms with van der Waals surface area (Å²) in [4.78, 5) is 12.5. The van der Waals surface area contributed by atoms with Crippen LogP contribution in [0.1, 0.15) is 27.0 Å². The Morgan fingerprint density at radius 3 is 2.50 bits per heavy atom.